The number of nitrogens with zero attached hydrogens (tertiary/aromatic N) is 2. The second kappa shape index (κ2) is 7.45. The van der Waals surface area contributed by atoms with Crippen LogP contribution in [0.2, 0.25) is 0 Å². The highest BCUT2D eigenvalue weighted by atomic mass is 16.5. The number of aromatic nitrogens is 1. The average Bonchev–Trinajstić information content (AvgIpc) is 3.07. The van der Waals surface area contributed by atoms with Gasteiger partial charge in [-0.15, -0.1) is 0 Å². The minimum Gasteiger partial charge on any atom is -0.376 e. The maximum absolute atomic E-state index is 12.0. The van der Waals surface area contributed by atoms with E-state index in [1.54, 1.807) is 4.90 Å². The van der Waals surface area contributed by atoms with Gasteiger partial charge >= 0.3 is 6.03 Å². The van der Waals surface area contributed by atoms with E-state index in [0.29, 0.717) is 13.1 Å². The Kier molecular flexibility index (Phi) is 5.61. The summed E-state index contributed by atoms with van der Waals surface area (Å²) in [6.45, 7) is 6.00. The van der Waals surface area contributed by atoms with E-state index in [4.69, 9.17) is 9.26 Å². The summed E-state index contributed by atoms with van der Waals surface area (Å²) in [7, 11) is 1.81. The fourth-order valence-corrected chi connectivity index (χ4v) is 2.63. The maximum atomic E-state index is 12.0. The fraction of sp³-hybridized carbons (Fsp3) is 0.733. The molecule has 118 valence electrons. The molecule has 1 unspecified atom stereocenters. The maximum Gasteiger partial charge on any atom is 0.317 e. The number of carbonyl (C=O) groups excluding carboxylic acids is 1. The van der Waals surface area contributed by atoms with Crippen molar-refractivity contribution in [3.8, 4) is 0 Å². The molecule has 1 N–H and O–H groups in total. The van der Waals surface area contributed by atoms with Crippen LogP contribution in [0.15, 0.2) is 4.52 Å². The second-order valence-electron chi connectivity index (χ2n) is 5.65. The number of ether oxygens (including phenoxy) is 1. The lowest BCUT2D eigenvalue weighted by atomic mass is 10.1. The van der Waals surface area contributed by atoms with Gasteiger partial charge in [0.2, 0.25) is 0 Å². The van der Waals surface area contributed by atoms with E-state index >= 15 is 0 Å². The number of hydrogen-bond donors (Lipinski definition) is 1. The molecule has 0 aliphatic carbocycles. The largest absolute Gasteiger partial charge is 0.376 e. The zero-order chi connectivity index (χ0) is 15.2. The molecule has 1 atom stereocenters. The van der Waals surface area contributed by atoms with Crippen molar-refractivity contribution in [1.82, 2.24) is 15.4 Å². The minimum atomic E-state index is -0.0377. The van der Waals surface area contributed by atoms with Gasteiger partial charge in [-0.25, -0.2) is 4.79 Å². The number of likely N-dealkylation sites (N-methyl/N-ethyl adjacent to an activating group) is 1. The van der Waals surface area contributed by atoms with Gasteiger partial charge in [-0.3, -0.25) is 0 Å². The van der Waals surface area contributed by atoms with E-state index in [-0.39, 0.29) is 12.1 Å². The summed E-state index contributed by atoms with van der Waals surface area (Å²) in [6.07, 6.45) is 4.09. The Balaban J connectivity index is 1.64. The van der Waals surface area contributed by atoms with Crippen molar-refractivity contribution in [2.75, 3.05) is 26.7 Å². The van der Waals surface area contributed by atoms with Crippen LogP contribution in [0, 0.1) is 13.8 Å². The van der Waals surface area contributed by atoms with Gasteiger partial charge in [-0.2, -0.15) is 0 Å². The van der Waals surface area contributed by atoms with Gasteiger partial charge in [-0.1, -0.05) is 5.16 Å². The Hall–Kier alpha value is -1.56. The molecule has 2 rings (SSSR count). The zero-order valence-corrected chi connectivity index (χ0v) is 13.1. The minimum absolute atomic E-state index is 0.0377. The van der Waals surface area contributed by atoms with Crippen LogP contribution in [-0.4, -0.2) is 48.9 Å². The number of amides is 2. The highest BCUT2D eigenvalue weighted by molar-refractivity contribution is 5.73. The lowest BCUT2D eigenvalue weighted by Crippen LogP contribution is -2.41. The van der Waals surface area contributed by atoms with Crippen LogP contribution in [0.25, 0.3) is 0 Å². The predicted octanol–water partition coefficient (Wildman–Crippen LogP) is 2.04. The van der Waals surface area contributed by atoms with Gasteiger partial charge in [0.15, 0.2) is 0 Å². The summed E-state index contributed by atoms with van der Waals surface area (Å²) in [5.74, 6) is 0.870. The quantitative estimate of drug-likeness (QED) is 0.816. The lowest BCUT2D eigenvalue weighted by molar-refractivity contribution is 0.0875. The molecule has 0 bridgehead atoms. The van der Waals surface area contributed by atoms with Crippen molar-refractivity contribution < 1.29 is 14.1 Å². The molecule has 6 heteroatoms. The normalized spacial score (nSPS) is 18.0. The van der Waals surface area contributed by atoms with Crippen LogP contribution in [-0.2, 0) is 11.2 Å². The van der Waals surface area contributed by atoms with Gasteiger partial charge in [0.1, 0.15) is 5.76 Å². The van der Waals surface area contributed by atoms with E-state index in [1.165, 1.54) is 0 Å². The number of carbonyl (C=O) groups is 1. The molecule has 6 nitrogen and oxygen atoms in total. The molecule has 1 aliphatic rings. The van der Waals surface area contributed by atoms with E-state index in [1.807, 2.05) is 20.9 Å². The number of aryl methyl sites for hydroxylation is 2. The van der Waals surface area contributed by atoms with Crippen molar-refractivity contribution in [1.29, 1.82) is 0 Å². The van der Waals surface area contributed by atoms with E-state index in [2.05, 4.69) is 10.5 Å². The molecule has 1 fully saturated rings. The molecule has 1 aromatic heterocycles. The summed E-state index contributed by atoms with van der Waals surface area (Å²) in [5.41, 5.74) is 2.09. The third kappa shape index (κ3) is 4.46. The van der Waals surface area contributed by atoms with Crippen molar-refractivity contribution in [3.63, 3.8) is 0 Å². The van der Waals surface area contributed by atoms with Crippen LogP contribution >= 0.6 is 0 Å². The lowest BCUT2D eigenvalue weighted by Gasteiger charge is -2.21. The third-order valence-corrected chi connectivity index (χ3v) is 3.91. The highest BCUT2D eigenvalue weighted by Crippen LogP contribution is 2.14. The number of urea groups is 1. The van der Waals surface area contributed by atoms with Crippen LogP contribution < -0.4 is 5.32 Å². The van der Waals surface area contributed by atoms with Crippen molar-refractivity contribution in [3.05, 3.63) is 17.0 Å². The Bertz CT molecular complexity index is 447. The molecular weight excluding hydrogens is 270 g/mol. The average molecular weight is 295 g/mol. The molecule has 2 heterocycles. The molecule has 1 aromatic rings. The number of rotatable bonds is 6. The van der Waals surface area contributed by atoms with Crippen LogP contribution in [0.3, 0.4) is 0 Å². The summed E-state index contributed by atoms with van der Waals surface area (Å²) < 4.78 is 10.7. The second-order valence-corrected chi connectivity index (χ2v) is 5.65. The van der Waals surface area contributed by atoms with Crippen LogP contribution in [0.4, 0.5) is 4.79 Å². The highest BCUT2D eigenvalue weighted by Gasteiger charge is 2.19. The SMILES string of the molecule is Cc1noc(C)c1CCCNC(=O)N(C)CC1CCCO1. The van der Waals surface area contributed by atoms with E-state index in [0.717, 1.165) is 49.3 Å². The molecule has 1 aliphatic heterocycles. The van der Waals surface area contributed by atoms with Crippen LogP contribution in [0.1, 0.15) is 36.3 Å². The standard InChI is InChI=1S/C15H25N3O3/c1-11-14(12(2)21-17-11)7-4-8-16-15(19)18(3)10-13-6-5-9-20-13/h13H,4-10H2,1-3H3,(H,16,19). The first-order valence-electron chi connectivity index (χ1n) is 7.60. The van der Waals surface area contributed by atoms with E-state index in [9.17, 15) is 4.79 Å². The summed E-state index contributed by atoms with van der Waals surface area (Å²) in [6, 6.07) is -0.0377. The molecule has 1 saturated heterocycles. The van der Waals surface area contributed by atoms with Gasteiger partial charge in [0.05, 0.1) is 11.8 Å². The van der Waals surface area contributed by atoms with Gasteiger partial charge in [0, 0.05) is 32.3 Å². The van der Waals surface area contributed by atoms with Gasteiger partial charge in [0.25, 0.3) is 0 Å². The molecule has 0 saturated carbocycles. The van der Waals surface area contributed by atoms with Gasteiger partial charge in [-0.05, 0) is 39.5 Å². The van der Waals surface area contributed by atoms with Crippen molar-refractivity contribution in [2.45, 2.75) is 45.6 Å². The number of hydrogen-bond acceptors (Lipinski definition) is 4. The first kappa shape index (κ1) is 15.8. The third-order valence-electron chi connectivity index (χ3n) is 3.91. The monoisotopic (exact) mass is 295 g/mol. The first-order chi connectivity index (χ1) is 10.1. The molecule has 0 radical (unpaired) electrons. The summed E-state index contributed by atoms with van der Waals surface area (Å²) in [4.78, 5) is 13.7. The van der Waals surface area contributed by atoms with Gasteiger partial charge < -0.3 is 19.5 Å². The molecule has 2 amide bonds. The topological polar surface area (TPSA) is 67.6 Å². The summed E-state index contributed by atoms with van der Waals surface area (Å²) >= 11 is 0. The Morgan fingerprint density at radius 3 is 2.90 bits per heavy atom. The Morgan fingerprint density at radius 1 is 1.48 bits per heavy atom. The molecule has 0 spiro atoms. The fourth-order valence-electron chi connectivity index (χ4n) is 2.63. The molecule has 21 heavy (non-hydrogen) atoms. The summed E-state index contributed by atoms with van der Waals surface area (Å²) in [5, 5.41) is 6.87. The Morgan fingerprint density at radius 2 is 2.29 bits per heavy atom. The number of nitrogens with one attached hydrogen (secondary N) is 1. The molecule has 0 aromatic carbocycles. The zero-order valence-electron chi connectivity index (χ0n) is 13.1. The smallest absolute Gasteiger partial charge is 0.317 e. The first-order valence-corrected chi connectivity index (χ1v) is 7.60. The predicted molar refractivity (Wildman–Crippen MR) is 79.3 cm³/mol. The molecular formula is C15H25N3O3. The van der Waals surface area contributed by atoms with Crippen molar-refractivity contribution in [2.24, 2.45) is 0 Å². The Labute approximate surface area is 125 Å². The van der Waals surface area contributed by atoms with Crippen molar-refractivity contribution >= 4 is 6.03 Å². The van der Waals surface area contributed by atoms with Crippen LogP contribution in [0.5, 0.6) is 0 Å². The van der Waals surface area contributed by atoms with E-state index < -0.39 is 0 Å².